The second-order valence-corrected chi connectivity index (χ2v) is 5.76. The van der Waals surface area contributed by atoms with Crippen LogP contribution in [0, 0.1) is 11.8 Å². The van der Waals surface area contributed by atoms with Crippen LogP contribution in [0.4, 0.5) is 0 Å². The lowest BCUT2D eigenvalue weighted by molar-refractivity contribution is -0.157. The van der Waals surface area contributed by atoms with Gasteiger partial charge in [0.25, 0.3) is 0 Å². The zero-order chi connectivity index (χ0) is 13.9. The van der Waals surface area contributed by atoms with Crippen molar-refractivity contribution in [2.24, 2.45) is 11.8 Å². The van der Waals surface area contributed by atoms with Gasteiger partial charge in [-0.15, -0.1) is 0 Å². The van der Waals surface area contributed by atoms with Gasteiger partial charge in [0.15, 0.2) is 0 Å². The molecular formula is C14H19BrO3. The molecule has 1 aromatic carbocycles. The molecule has 0 aliphatic heterocycles. The Bertz CT molecular complexity index is 414. The van der Waals surface area contributed by atoms with Crippen molar-refractivity contribution in [3.63, 3.8) is 0 Å². The molecule has 0 aromatic heterocycles. The monoisotopic (exact) mass is 314 g/mol. The molecule has 0 aliphatic rings. The standard InChI is InChI=1S/C14H19BrO3/c1-4-14(18,12(9(2)3)13(16)17)10-5-7-11(15)8-6-10/h5-9,12,18H,4H2,1-3H3,(H,16,17). The molecule has 1 aromatic rings. The summed E-state index contributed by atoms with van der Waals surface area (Å²) in [6.07, 6.45) is 0.365. The van der Waals surface area contributed by atoms with E-state index >= 15 is 0 Å². The Hall–Kier alpha value is -0.870. The maximum absolute atomic E-state index is 11.4. The summed E-state index contributed by atoms with van der Waals surface area (Å²) >= 11 is 3.33. The highest BCUT2D eigenvalue weighted by molar-refractivity contribution is 9.10. The van der Waals surface area contributed by atoms with E-state index in [9.17, 15) is 15.0 Å². The van der Waals surface area contributed by atoms with Crippen LogP contribution in [0.1, 0.15) is 32.8 Å². The number of benzene rings is 1. The minimum atomic E-state index is -1.33. The third kappa shape index (κ3) is 2.93. The minimum absolute atomic E-state index is 0.143. The molecule has 18 heavy (non-hydrogen) atoms. The normalized spacial score (nSPS) is 16.3. The SMILES string of the molecule is CCC(O)(c1ccc(Br)cc1)C(C(=O)O)C(C)C. The van der Waals surface area contributed by atoms with Crippen LogP contribution in [-0.2, 0) is 10.4 Å². The van der Waals surface area contributed by atoms with Crippen LogP contribution in [-0.4, -0.2) is 16.2 Å². The molecule has 0 amide bonds. The van der Waals surface area contributed by atoms with Gasteiger partial charge in [-0.3, -0.25) is 4.79 Å². The zero-order valence-corrected chi connectivity index (χ0v) is 12.4. The average Bonchev–Trinajstić information content (AvgIpc) is 2.28. The Morgan fingerprint density at radius 1 is 1.33 bits per heavy atom. The van der Waals surface area contributed by atoms with E-state index in [1.54, 1.807) is 19.1 Å². The maximum atomic E-state index is 11.4. The molecule has 0 radical (unpaired) electrons. The first kappa shape index (κ1) is 15.2. The maximum Gasteiger partial charge on any atom is 0.310 e. The van der Waals surface area contributed by atoms with Gasteiger partial charge in [-0.05, 0) is 30.0 Å². The minimum Gasteiger partial charge on any atom is -0.481 e. The second kappa shape index (κ2) is 5.85. The van der Waals surface area contributed by atoms with Crippen molar-refractivity contribution in [2.75, 3.05) is 0 Å². The Morgan fingerprint density at radius 2 is 1.83 bits per heavy atom. The molecule has 0 bridgehead atoms. The third-order valence-electron chi connectivity index (χ3n) is 3.33. The molecule has 0 aliphatic carbocycles. The van der Waals surface area contributed by atoms with Crippen LogP contribution in [0.25, 0.3) is 0 Å². The Balaban J connectivity index is 3.26. The molecule has 2 N–H and O–H groups in total. The average molecular weight is 315 g/mol. The van der Waals surface area contributed by atoms with Gasteiger partial charge in [-0.2, -0.15) is 0 Å². The first-order chi connectivity index (χ1) is 8.32. The van der Waals surface area contributed by atoms with Gasteiger partial charge in [0.05, 0.1) is 5.92 Å². The number of halogens is 1. The first-order valence-corrected chi connectivity index (χ1v) is 6.83. The van der Waals surface area contributed by atoms with Gasteiger partial charge in [-0.1, -0.05) is 48.8 Å². The molecule has 0 spiro atoms. The highest BCUT2D eigenvalue weighted by Crippen LogP contribution is 2.38. The lowest BCUT2D eigenvalue weighted by atomic mass is 9.74. The van der Waals surface area contributed by atoms with Crippen LogP contribution in [0.5, 0.6) is 0 Å². The number of aliphatic carboxylic acids is 1. The summed E-state index contributed by atoms with van der Waals surface area (Å²) in [7, 11) is 0. The van der Waals surface area contributed by atoms with E-state index in [0.717, 1.165) is 4.47 Å². The highest BCUT2D eigenvalue weighted by Gasteiger charge is 2.43. The van der Waals surface area contributed by atoms with E-state index in [0.29, 0.717) is 12.0 Å². The van der Waals surface area contributed by atoms with Gasteiger partial charge in [0.1, 0.15) is 5.60 Å². The molecule has 0 saturated heterocycles. The molecule has 100 valence electrons. The van der Waals surface area contributed by atoms with Crippen molar-refractivity contribution in [3.05, 3.63) is 34.3 Å². The number of carboxylic acid groups (broad SMARTS) is 1. The van der Waals surface area contributed by atoms with Gasteiger partial charge in [-0.25, -0.2) is 0 Å². The topological polar surface area (TPSA) is 57.5 Å². The zero-order valence-electron chi connectivity index (χ0n) is 10.9. The molecule has 0 fully saturated rings. The van der Waals surface area contributed by atoms with Crippen molar-refractivity contribution < 1.29 is 15.0 Å². The third-order valence-corrected chi connectivity index (χ3v) is 3.86. The van der Waals surface area contributed by atoms with E-state index < -0.39 is 17.5 Å². The Labute approximate surface area is 116 Å². The van der Waals surface area contributed by atoms with Crippen molar-refractivity contribution in [2.45, 2.75) is 32.8 Å². The Morgan fingerprint density at radius 3 is 2.17 bits per heavy atom. The van der Waals surface area contributed by atoms with E-state index in [-0.39, 0.29) is 5.92 Å². The molecule has 1 rings (SSSR count). The summed E-state index contributed by atoms with van der Waals surface area (Å²) < 4.78 is 0.904. The molecule has 0 saturated carbocycles. The first-order valence-electron chi connectivity index (χ1n) is 6.04. The summed E-state index contributed by atoms with van der Waals surface area (Å²) in [5.74, 6) is -1.92. The number of aliphatic hydroxyl groups is 1. The largest absolute Gasteiger partial charge is 0.481 e. The molecular weight excluding hydrogens is 296 g/mol. The van der Waals surface area contributed by atoms with Gasteiger partial charge >= 0.3 is 5.97 Å². The quantitative estimate of drug-likeness (QED) is 0.875. The summed E-state index contributed by atoms with van der Waals surface area (Å²) in [4.78, 5) is 11.4. The van der Waals surface area contributed by atoms with E-state index in [1.165, 1.54) is 0 Å². The fraction of sp³-hybridized carbons (Fsp3) is 0.500. The summed E-state index contributed by atoms with van der Waals surface area (Å²) in [6.45, 7) is 5.44. The number of hydrogen-bond acceptors (Lipinski definition) is 2. The van der Waals surface area contributed by atoms with Crippen LogP contribution < -0.4 is 0 Å². The summed E-state index contributed by atoms with van der Waals surface area (Å²) in [5, 5.41) is 20.1. The van der Waals surface area contributed by atoms with Gasteiger partial charge in [0, 0.05) is 4.47 Å². The second-order valence-electron chi connectivity index (χ2n) is 4.84. The van der Waals surface area contributed by atoms with E-state index in [2.05, 4.69) is 15.9 Å². The number of hydrogen-bond donors (Lipinski definition) is 2. The fourth-order valence-electron chi connectivity index (χ4n) is 2.38. The van der Waals surface area contributed by atoms with E-state index in [1.807, 2.05) is 26.0 Å². The summed E-state index contributed by atoms with van der Waals surface area (Å²) in [5.41, 5.74) is -0.685. The van der Waals surface area contributed by atoms with Crippen LogP contribution in [0.15, 0.2) is 28.7 Å². The number of carbonyl (C=O) groups is 1. The van der Waals surface area contributed by atoms with Crippen molar-refractivity contribution in [1.29, 1.82) is 0 Å². The molecule has 2 atom stereocenters. The molecule has 0 heterocycles. The molecule has 4 heteroatoms. The highest BCUT2D eigenvalue weighted by atomic mass is 79.9. The molecule has 2 unspecified atom stereocenters. The number of rotatable bonds is 5. The van der Waals surface area contributed by atoms with Crippen LogP contribution in [0.3, 0.4) is 0 Å². The van der Waals surface area contributed by atoms with Gasteiger partial charge in [0.2, 0.25) is 0 Å². The molecule has 3 nitrogen and oxygen atoms in total. The smallest absolute Gasteiger partial charge is 0.310 e. The van der Waals surface area contributed by atoms with Crippen LogP contribution >= 0.6 is 15.9 Å². The summed E-state index contributed by atoms with van der Waals surface area (Å²) in [6, 6.07) is 7.17. The fourth-order valence-corrected chi connectivity index (χ4v) is 2.65. The predicted octanol–water partition coefficient (Wildman–Crippen LogP) is 3.40. The lowest BCUT2D eigenvalue weighted by Crippen LogP contribution is -2.42. The number of carboxylic acids is 1. The van der Waals surface area contributed by atoms with Crippen molar-refractivity contribution in [1.82, 2.24) is 0 Å². The van der Waals surface area contributed by atoms with Crippen molar-refractivity contribution in [3.8, 4) is 0 Å². The lowest BCUT2D eigenvalue weighted by Gasteiger charge is -2.35. The van der Waals surface area contributed by atoms with Crippen molar-refractivity contribution >= 4 is 21.9 Å². The Kier molecular flexibility index (Phi) is 4.93. The predicted molar refractivity (Wildman–Crippen MR) is 74.3 cm³/mol. The van der Waals surface area contributed by atoms with E-state index in [4.69, 9.17) is 0 Å². The van der Waals surface area contributed by atoms with Gasteiger partial charge < -0.3 is 10.2 Å². The van der Waals surface area contributed by atoms with Crippen LogP contribution in [0.2, 0.25) is 0 Å².